The number of imidazole rings is 1. The number of benzene rings is 3. The third kappa shape index (κ3) is 7.95. The lowest BCUT2D eigenvalue weighted by Gasteiger charge is -2.34. The minimum absolute atomic E-state index is 0.0402. The first-order valence-electron chi connectivity index (χ1n) is 16.7. The van der Waals surface area contributed by atoms with Crippen molar-refractivity contribution in [2.75, 3.05) is 32.7 Å². The van der Waals surface area contributed by atoms with E-state index in [0.29, 0.717) is 35.5 Å². The van der Waals surface area contributed by atoms with Gasteiger partial charge in [0.25, 0.3) is 17.0 Å². The quantitative estimate of drug-likeness (QED) is 0.219. The molecule has 6 rings (SSSR count). The van der Waals surface area contributed by atoms with Gasteiger partial charge in [0.2, 0.25) is 0 Å². The number of piperazine rings is 1. The molecule has 10 nitrogen and oxygen atoms in total. The fourth-order valence-corrected chi connectivity index (χ4v) is 6.26. The van der Waals surface area contributed by atoms with E-state index < -0.39 is 16.9 Å². The molecule has 0 spiro atoms. The minimum atomic E-state index is -0.498. The van der Waals surface area contributed by atoms with Gasteiger partial charge in [0.15, 0.2) is 5.78 Å². The zero-order valence-corrected chi connectivity index (χ0v) is 28.1. The third-order valence-corrected chi connectivity index (χ3v) is 8.84. The maximum absolute atomic E-state index is 13.3. The largest absolute Gasteiger partial charge is 0.336 e. The molecule has 0 aliphatic carbocycles. The van der Waals surface area contributed by atoms with Gasteiger partial charge in [0.05, 0.1) is 12.0 Å². The number of aryl methyl sites for hydroxylation is 1. The van der Waals surface area contributed by atoms with Gasteiger partial charge in [-0.3, -0.25) is 24.1 Å². The molecule has 1 aliphatic rings. The summed E-state index contributed by atoms with van der Waals surface area (Å²) in [5.41, 5.74) is 2.55. The number of carbonyl (C=O) groups excluding carboxylic acids is 2. The van der Waals surface area contributed by atoms with Crippen LogP contribution in [0.15, 0.2) is 94.8 Å². The lowest BCUT2D eigenvalue weighted by atomic mass is 10.0. The van der Waals surface area contributed by atoms with Crippen molar-refractivity contribution < 1.29 is 14.0 Å². The van der Waals surface area contributed by atoms with Crippen molar-refractivity contribution in [3.05, 3.63) is 156 Å². The molecule has 0 radical (unpaired) electrons. The predicted octanol–water partition coefficient (Wildman–Crippen LogP) is 3.26. The van der Waals surface area contributed by atoms with Crippen LogP contribution in [0.3, 0.4) is 0 Å². The van der Waals surface area contributed by atoms with E-state index in [1.54, 1.807) is 36.7 Å². The van der Waals surface area contributed by atoms with E-state index in [4.69, 9.17) is 0 Å². The van der Waals surface area contributed by atoms with Gasteiger partial charge < -0.3 is 19.4 Å². The second-order valence-electron chi connectivity index (χ2n) is 12.7. The molecule has 256 valence electrons. The monoisotopic (exact) mass is 674 g/mol. The van der Waals surface area contributed by atoms with Gasteiger partial charge in [-0.2, -0.15) is 0 Å². The van der Waals surface area contributed by atoms with Crippen LogP contribution < -0.4 is 21.8 Å². The molecule has 50 heavy (non-hydrogen) atoms. The average Bonchev–Trinajstić information content (AvgIpc) is 3.53. The molecule has 0 bridgehead atoms. The highest BCUT2D eigenvalue weighted by atomic mass is 19.1. The second-order valence-corrected chi connectivity index (χ2v) is 12.7. The highest BCUT2D eigenvalue weighted by molar-refractivity contribution is 6.09. The third-order valence-electron chi connectivity index (χ3n) is 8.84. The van der Waals surface area contributed by atoms with Crippen LogP contribution in [0.2, 0.25) is 0 Å². The van der Waals surface area contributed by atoms with Gasteiger partial charge in [-0.05, 0) is 79.1 Å². The zero-order chi connectivity index (χ0) is 35.2. The van der Waals surface area contributed by atoms with Crippen LogP contribution in [-0.2, 0) is 6.54 Å². The molecule has 1 amide bonds. The number of carbonyl (C=O) groups is 2. The number of aromatic amines is 2. The second kappa shape index (κ2) is 15.3. The Labute approximate surface area is 288 Å². The Bertz CT molecular complexity index is 2230. The summed E-state index contributed by atoms with van der Waals surface area (Å²) < 4.78 is 15.4. The molecule has 3 heterocycles. The normalized spacial score (nSPS) is 14.4. The number of nitrogens with zero attached hydrogens (tertiary/aromatic N) is 4. The smallest absolute Gasteiger partial charge is 0.272 e. The van der Waals surface area contributed by atoms with Gasteiger partial charge >= 0.3 is 0 Å². The Balaban J connectivity index is 1.13. The summed E-state index contributed by atoms with van der Waals surface area (Å²) in [6.07, 6.45) is 5.76. The minimum Gasteiger partial charge on any atom is -0.336 e. The molecule has 2 N–H and O–H groups in total. The standard InChI is InChI=1S/C39H39FN6O4/c1-26(2)35-32(41-25-46(35)17-7-16-44-18-20-45(21-19-44)39(50)29-9-4-3-5-10-29)24-34-38(49)42-33(37(48)43-34)23-27-8-6-11-30(22-27)36(47)28-12-14-31(40)15-13-28/h3-6,8-15,22-26H,7,16-21H2,1-2H3,(H,42,49)(H,43,48)/b33-23-,34-24-. The van der Waals surface area contributed by atoms with Gasteiger partial charge in [-0.25, -0.2) is 9.37 Å². The molecule has 3 aromatic carbocycles. The zero-order valence-electron chi connectivity index (χ0n) is 28.1. The van der Waals surface area contributed by atoms with E-state index in [1.807, 2.05) is 35.2 Å². The van der Waals surface area contributed by atoms with E-state index in [0.717, 1.165) is 43.9 Å². The lowest BCUT2D eigenvalue weighted by Crippen LogP contribution is -2.48. The first-order valence-corrected chi connectivity index (χ1v) is 16.7. The molecule has 1 saturated heterocycles. The number of nitrogens with one attached hydrogen (secondary N) is 2. The van der Waals surface area contributed by atoms with Crippen molar-refractivity contribution in [2.45, 2.75) is 32.7 Å². The van der Waals surface area contributed by atoms with Crippen LogP contribution in [-0.4, -0.2) is 73.7 Å². The van der Waals surface area contributed by atoms with Gasteiger partial charge in [-0.1, -0.05) is 50.2 Å². The number of rotatable bonds is 10. The summed E-state index contributed by atoms with van der Waals surface area (Å²) in [7, 11) is 0. The molecular formula is C39H39FN6O4. The summed E-state index contributed by atoms with van der Waals surface area (Å²) in [6, 6.07) is 21.3. The Morgan fingerprint density at radius 2 is 1.46 bits per heavy atom. The van der Waals surface area contributed by atoms with E-state index in [2.05, 4.69) is 38.3 Å². The maximum atomic E-state index is 13.3. The fraction of sp³-hybridized carbons (Fsp3) is 0.256. The first kappa shape index (κ1) is 34.2. The topological polar surface area (TPSA) is 124 Å². The molecule has 5 aromatic rings. The molecule has 1 fully saturated rings. The van der Waals surface area contributed by atoms with Gasteiger partial charge in [-0.15, -0.1) is 0 Å². The van der Waals surface area contributed by atoms with Crippen LogP contribution in [0.5, 0.6) is 0 Å². The van der Waals surface area contributed by atoms with Crippen LogP contribution in [0.4, 0.5) is 4.39 Å². The molecular weight excluding hydrogens is 635 g/mol. The predicted molar refractivity (Wildman–Crippen MR) is 190 cm³/mol. The number of H-pyrrole nitrogens is 2. The number of amides is 1. The van der Waals surface area contributed by atoms with Crippen LogP contribution in [0.1, 0.15) is 69.4 Å². The summed E-state index contributed by atoms with van der Waals surface area (Å²) in [5, 5.41) is 0.126. The van der Waals surface area contributed by atoms with Crippen LogP contribution in [0.25, 0.3) is 12.2 Å². The summed E-state index contributed by atoms with van der Waals surface area (Å²) in [4.78, 5) is 66.1. The number of hydrogen-bond donors (Lipinski definition) is 2. The van der Waals surface area contributed by atoms with Crippen molar-refractivity contribution in [1.29, 1.82) is 0 Å². The molecule has 0 saturated carbocycles. The molecule has 11 heteroatoms. The van der Waals surface area contributed by atoms with Crippen molar-refractivity contribution in [2.24, 2.45) is 0 Å². The highest BCUT2D eigenvalue weighted by Crippen LogP contribution is 2.20. The van der Waals surface area contributed by atoms with E-state index >= 15 is 0 Å². The van der Waals surface area contributed by atoms with E-state index in [1.165, 1.54) is 30.3 Å². The number of halogens is 1. The van der Waals surface area contributed by atoms with E-state index in [-0.39, 0.29) is 28.3 Å². The molecule has 0 atom stereocenters. The highest BCUT2D eigenvalue weighted by Gasteiger charge is 2.22. The molecule has 1 aliphatic heterocycles. The van der Waals surface area contributed by atoms with Crippen molar-refractivity contribution in [3.63, 3.8) is 0 Å². The van der Waals surface area contributed by atoms with Gasteiger partial charge in [0, 0.05) is 55.1 Å². The first-order chi connectivity index (χ1) is 24.2. The van der Waals surface area contributed by atoms with Crippen LogP contribution >= 0.6 is 0 Å². The number of hydrogen-bond acceptors (Lipinski definition) is 6. The summed E-state index contributed by atoms with van der Waals surface area (Å²) >= 11 is 0. The van der Waals surface area contributed by atoms with Crippen molar-refractivity contribution in [3.8, 4) is 0 Å². The number of aromatic nitrogens is 4. The van der Waals surface area contributed by atoms with E-state index in [9.17, 15) is 23.6 Å². The Kier molecular flexibility index (Phi) is 10.4. The van der Waals surface area contributed by atoms with Gasteiger partial charge in [0.1, 0.15) is 16.5 Å². The Morgan fingerprint density at radius 3 is 2.14 bits per heavy atom. The van der Waals surface area contributed by atoms with Crippen LogP contribution in [0, 0.1) is 5.82 Å². The molecule has 0 unspecified atom stereocenters. The average molecular weight is 675 g/mol. The lowest BCUT2D eigenvalue weighted by molar-refractivity contribution is 0.0634. The Morgan fingerprint density at radius 1 is 0.800 bits per heavy atom. The van der Waals surface area contributed by atoms with Crippen molar-refractivity contribution >= 4 is 23.8 Å². The summed E-state index contributed by atoms with van der Waals surface area (Å²) in [5.74, 6) is -0.537. The molecule has 2 aromatic heterocycles. The number of ketones is 1. The SMILES string of the molecule is CC(C)c1c(/C=c2\[nH]c(=O)/c(=C/c3cccc(C(=O)c4ccc(F)cc4)c3)[nH]c2=O)ncn1CCCN1CCN(C(=O)c2ccccc2)CC1. The summed E-state index contributed by atoms with van der Waals surface area (Å²) in [6.45, 7) is 8.78. The fourth-order valence-electron chi connectivity index (χ4n) is 6.26. The van der Waals surface area contributed by atoms with Crippen molar-refractivity contribution in [1.82, 2.24) is 29.3 Å². The Hall–Kier alpha value is -5.68. The maximum Gasteiger partial charge on any atom is 0.272 e.